The van der Waals surface area contributed by atoms with E-state index in [1.54, 1.807) is 6.07 Å². The monoisotopic (exact) mass is 263 g/mol. The Bertz CT molecular complexity index is 395. The standard InChI is InChI=1S/C16H25NO2/c1-4-5-6-7-10-13(3)19-16(18)15-12(2)9-8-11-14(15)17/h8-9,11,13H,4-7,10,17H2,1-3H3. The van der Waals surface area contributed by atoms with E-state index in [1.165, 1.54) is 19.3 Å². The summed E-state index contributed by atoms with van der Waals surface area (Å²) in [6, 6.07) is 5.45. The number of esters is 1. The number of carbonyl (C=O) groups is 1. The molecular weight excluding hydrogens is 238 g/mol. The van der Waals surface area contributed by atoms with Crippen LogP contribution in [-0.2, 0) is 4.74 Å². The van der Waals surface area contributed by atoms with Crippen molar-refractivity contribution in [1.82, 2.24) is 0 Å². The van der Waals surface area contributed by atoms with E-state index in [1.807, 2.05) is 26.0 Å². The van der Waals surface area contributed by atoms with Crippen LogP contribution >= 0.6 is 0 Å². The van der Waals surface area contributed by atoms with Crippen molar-refractivity contribution in [1.29, 1.82) is 0 Å². The number of nitrogens with two attached hydrogens (primary N) is 1. The van der Waals surface area contributed by atoms with Crippen LogP contribution in [-0.4, -0.2) is 12.1 Å². The molecule has 0 radical (unpaired) electrons. The average molecular weight is 263 g/mol. The highest BCUT2D eigenvalue weighted by atomic mass is 16.5. The van der Waals surface area contributed by atoms with Gasteiger partial charge in [0.1, 0.15) is 0 Å². The Morgan fingerprint density at radius 1 is 1.32 bits per heavy atom. The van der Waals surface area contributed by atoms with Crippen molar-refractivity contribution in [2.45, 2.75) is 59.0 Å². The van der Waals surface area contributed by atoms with E-state index in [0.717, 1.165) is 18.4 Å². The van der Waals surface area contributed by atoms with E-state index in [2.05, 4.69) is 6.92 Å². The molecule has 3 heteroatoms. The summed E-state index contributed by atoms with van der Waals surface area (Å²) in [4.78, 5) is 12.1. The molecule has 3 nitrogen and oxygen atoms in total. The summed E-state index contributed by atoms with van der Waals surface area (Å²) in [5, 5.41) is 0. The summed E-state index contributed by atoms with van der Waals surface area (Å²) in [7, 11) is 0. The lowest BCUT2D eigenvalue weighted by molar-refractivity contribution is 0.0320. The van der Waals surface area contributed by atoms with Crippen molar-refractivity contribution in [2.75, 3.05) is 5.73 Å². The van der Waals surface area contributed by atoms with Crippen molar-refractivity contribution in [2.24, 2.45) is 0 Å². The second kappa shape index (κ2) is 7.82. The molecular formula is C16H25NO2. The summed E-state index contributed by atoms with van der Waals surface area (Å²) in [5.74, 6) is -0.307. The van der Waals surface area contributed by atoms with Crippen LogP contribution in [0.4, 0.5) is 5.69 Å². The van der Waals surface area contributed by atoms with Crippen LogP contribution < -0.4 is 5.73 Å². The Morgan fingerprint density at radius 2 is 2.05 bits per heavy atom. The third-order valence-corrected chi connectivity index (χ3v) is 3.28. The van der Waals surface area contributed by atoms with Crippen LogP contribution in [0.25, 0.3) is 0 Å². The molecule has 0 aliphatic carbocycles. The minimum atomic E-state index is -0.307. The summed E-state index contributed by atoms with van der Waals surface area (Å²) in [6.07, 6.45) is 5.62. The first-order chi connectivity index (χ1) is 9.06. The number of hydrogen-bond acceptors (Lipinski definition) is 3. The molecule has 1 aromatic carbocycles. The van der Waals surface area contributed by atoms with Gasteiger partial charge in [-0.05, 0) is 38.3 Å². The van der Waals surface area contributed by atoms with E-state index in [0.29, 0.717) is 11.3 Å². The highest BCUT2D eigenvalue weighted by Gasteiger charge is 2.16. The summed E-state index contributed by atoms with van der Waals surface area (Å²) in [6.45, 7) is 6.00. The minimum Gasteiger partial charge on any atom is -0.459 e. The normalized spacial score (nSPS) is 12.2. The number of unbranched alkanes of at least 4 members (excludes halogenated alkanes) is 3. The average Bonchev–Trinajstić information content (AvgIpc) is 2.34. The largest absolute Gasteiger partial charge is 0.459 e. The van der Waals surface area contributed by atoms with E-state index in [4.69, 9.17) is 10.5 Å². The zero-order valence-electron chi connectivity index (χ0n) is 12.2. The van der Waals surface area contributed by atoms with Crippen molar-refractivity contribution >= 4 is 11.7 Å². The van der Waals surface area contributed by atoms with Gasteiger partial charge < -0.3 is 10.5 Å². The molecule has 1 unspecified atom stereocenters. The van der Waals surface area contributed by atoms with E-state index in [-0.39, 0.29) is 12.1 Å². The Labute approximate surface area is 116 Å². The first-order valence-corrected chi connectivity index (χ1v) is 7.12. The second-order valence-electron chi connectivity index (χ2n) is 5.10. The van der Waals surface area contributed by atoms with E-state index >= 15 is 0 Å². The highest BCUT2D eigenvalue weighted by molar-refractivity contribution is 5.96. The molecule has 0 spiro atoms. The van der Waals surface area contributed by atoms with Crippen LogP contribution in [0.3, 0.4) is 0 Å². The van der Waals surface area contributed by atoms with Gasteiger partial charge in [0.05, 0.1) is 11.7 Å². The van der Waals surface area contributed by atoms with Crippen LogP contribution in [0, 0.1) is 6.92 Å². The van der Waals surface area contributed by atoms with Gasteiger partial charge >= 0.3 is 5.97 Å². The van der Waals surface area contributed by atoms with Crippen LogP contribution in [0.2, 0.25) is 0 Å². The van der Waals surface area contributed by atoms with Gasteiger partial charge in [-0.25, -0.2) is 4.79 Å². The molecule has 0 bridgehead atoms. The Morgan fingerprint density at radius 3 is 2.68 bits per heavy atom. The third kappa shape index (κ3) is 4.93. The van der Waals surface area contributed by atoms with Gasteiger partial charge in [-0.15, -0.1) is 0 Å². The molecule has 1 atom stereocenters. The van der Waals surface area contributed by atoms with Gasteiger partial charge in [0.15, 0.2) is 0 Å². The molecule has 1 rings (SSSR count). The molecule has 2 N–H and O–H groups in total. The fraction of sp³-hybridized carbons (Fsp3) is 0.562. The minimum absolute atomic E-state index is 0.0524. The molecule has 0 heterocycles. The lowest BCUT2D eigenvalue weighted by Gasteiger charge is -2.15. The molecule has 0 aliphatic rings. The number of ether oxygens (including phenoxy) is 1. The number of benzene rings is 1. The van der Waals surface area contributed by atoms with Crippen molar-refractivity contribution < 1.29 is 9.53 Å². The molecule has 0 saturated heterocycles. The third-order valence-electron chi connectivity index (χ3n) is 3.28. The lowest BCUT2D eigenvalue weighted by Crippen LogP contribution is -2.17. The number of aryl methyl sites for hydroxylation is 1. The fourth-order valence-electron chi connectivity index (χ4n) is 2.13. The smallest absolute Gasteiger partial charge is 0.340 e. The van der Waals surface area contributed by atoms with Gasteiger partial charge in [-0.1, -0.05) is 38.3 Å². The lowest BCUT2D eigenvalue weighted by atomic mass is 10.1. The van der Waals surface area contributed by atoms with Crippen LogP contribution in [0.5, 0.6) is 0 Å². The predicted octanol–water partition coefficient (Wildman–Crippen LogP) is 4.09. The summed E-state index contributed by atoms with van der Waals surface area (Å²) >= 11 is 0. The summed E-state index contributed by atoms with van der Waals surface area (Å²) < 4.78 is 5.46. The van der Waals surface area contributed by atoms with Crippen LogP contribution in [0.1, 0.15) is 61.9 Å². The van der Waals surface area contributed by atoms with E-state index < -0.39 is 0 Å². The van der Waals surface area contributed by atoms with Gasteiger partial charge in [0, 0.05) is 5.69 Å². The molecule has 0 amide bonds. The van der Waals surface area contributed by atoms with Crippen LogP contribution in [0.15, 0.2) is 18.2 Å². The molecule has 0 saturated carbocycles. The molecule has 1 aromatic rings. The second-order valence-corrected chi connectivity index (χ2v) is 5.10. The number of carbonyl (C=O) groups excluding carboxylic acids is 1. The molecule has 0 fully saturated rings. The van der Waals surface area contributed by atoms with Gasteiger partial charge in [-0.2, -0.15) is 0 Å². The van der Waals surface area contributed by atoms with Crippen molar-refractivity contribution in [3.05, 3.63) is 29.3 Å². The number of nitrogen functional groups attached to an aromatic ring is 1. The molecule has 0 aliphatic heterocycles. The van der Waals surface area contributed by atoms with Crippen molar-refractivity contribution in [3.8, 4) is 0 Å². The molecule has 0 aromatic heterocycles. The fourth-order valence-corrected chi connectivity index (χ4v) is 2.13. The van der Waals surface area contributed by atoms with Gasteiger partial charge in [0.2, 0.25) is 0 Å². The maximum absolute atomic E-state index is 12.1. The van der Waals surface area contributed by atoms with Gasteiger partial charge in [-0.3, -0.25) is 0 Å². The SMILES string of the molecule is CCCCCCC(C)OC(=O)c1c(C)cccc1N. The van der Waals surface area contributed by atoms with Gasteiger partial charge in [0.25, 0.3) is 0 Å². The first kappa shape index (κ1) is 15.5. The Kier molecular flexibility index (Phi) is 6.40. The Hall–Kier alpha value is -1.51. The number of rotatable bonds is 7. The first-order valence-electron chi connectivity index (χ1n) is 7.12. The Balaban J connectivity index is 2.50. The molecule has 19 heavy (non-hydrogen) atoms. The number of hydrogen-bond donors (Lipinski definition) is 1. The summed E-state index contributed by atoms with van der Waals surface area (Å²) in [5.41, 5.74) is 7.69. The van der Waals surface area contributed by atoms with Crippen molar-refractivity contribution in [3.63, 3.8) is 0 Å². The highest BCUT2D eigenvalue weighted by Crippen LogP contribution is 2.19. The number of anilines is 1. The topological polar surface area (TPSA) is 52.3 Å². The predicted molar refractivity (Wildman–Crippen MR) is 79.2 cm³/mol. The quantitative estimate of drug-likeness (QED) is 0.458. The van der Waals surface area contributed by atoms with E-state index in [9.17, 15) is 4.79 Å². The zero-order chi connectivity index (χ0) is 14.3. The molecule has 106 valence electrons. The maximum Gasteiger partial charge on any atom is 0.340 e. The maximum atomic E-state index is 12.1. The zero-order valence-corrected chi connectivity index (χ0v) is 12.2.